The molecule has 1 unspecified atom stereocenters. The van der Waals surface area contributed by atoms with Crippen LogP contribution in [0.1, 0.15) is 38.5 Å². The molecule has 0 amide bonds. The largest absolute Gasteiger partial charge is 0.481 e. The summed E-state index contributed by atoms with van der Waals surface area (Å²) in [4.78, 5) is 10.6. The van der Waals surface area contributed by atoms with Gasteiger partial charge in [0.25, 0.3) is 0 Å². The Kier molecular flexibility index (Phi) is 1.44. The van der Waals surface area contributed by atoms with E-state index in [0.717, 1.165) is 6.42 Å². The molecular formula is C9H14O2. The van der Waals surface area contributed by atoms with E-state index in [9.17, 15) is 4.79 Å². The average Bonchev–Trinajstić information content (AvgIpc) is 2.66. The maximum absolute atomic E-state index is 10.6. The van der Waals surface area contributed by atoms with E-state index in [1.54, 1.807) is 0 Å². The maximum atomic E-state index is 10.6. The first-order chi connectivity index (χ1) is 5.25. The van der Waals surface area contributed by atoms with Gasteiger partial charge in [0.2, 0.25) is 0 Å². The van der Waals surface area contributed by atoms with Crippen LogP contribution in [-0.2, 0) is 4.79 Å². The highest BCUT2D eigenvalue weighted by atomic mass is 16.4. The Morgan fingerprint density at radius 2 is 1.91 bits per heavy atom. The van der Waals surface area contributed by atoms with Crippen molar-refractivity contribution < 1.29 is 9.90 Å². The lowest BCUT2D eigenvalue weighted by Crippen LogP contribution is -2.13. The first-order valence-corrected chi connectivity index (χ1v) is 4.47. The highest BCUT2D eigenvalue weighted by molar-refractivity contribution is 5.74. The minimum absolute atomic E-state index is 0.0165. The topological polar surface area (TPSA) is 37.3 Å². The molecule has 1 N–H and O–H groups in total. The highest BCUT2D eigenvalue weighted by Crippen LogP contribution is 2.61. The second kappa shape index (κ2) is 2.23. The van der Waals surface area contributed by atoms with Crippen LogP contribution >= 0.6 is 0 Å². The molecule has 0 aromatic heterocycles. The third-order valence-electron chi connectivity index (χ3n) is 3.34. The first kappa shape index (κ1) is 7.14. The summed E-state index contributed by atoms with van der Waals surface area (Å²) in [6.45, 7) is 0. The Balaban J connectivity index is 1.99. The molecule has 11 heavy (non-hydrogen) atoms. The first-order valence-electron chi connectivity index (χ1n) is 4.47. The molecule has 2 fully saturated rings. The predicted octanol–water partition coefficient (Wildman–Crippen LogP) is 2.04. The standard InChI is InChI=1S/C9H14O2/c10-8(11)7-6-9(7)4-2-1-3-5-9/h7H,1-6H2,(H,10,11). The van der Waals surface area contributed by atoms with Crippen molar-refractivity contribution in [3.05, 3.63) is 0 Å². The Morgan fingerprint density at radius 3 is 2.36 bits per heavy atom. The molecule has 2 saturated carbocycles. The van der Waals surface area contributed by atoms with Crippen LogP contribution in [-0.4, -0.2) is 11.1 Å². The van der Waals surface area contributed by atoms with Crippen molar-refractivity contribution in [1.82, 2.24) is 0 Å². The molecular weight excluding hydrogens is 140 g/mol. The summed E-state index contributed by atoms with van der Waals surface area (Å²) in [5.74, 6) is -0.547. The lowest BCUT2D eigenvalue weighted by Gasteiger charge is -2.20. The van der Waals surface area contributed by atoms with Gasteiger partial charge in [-0.2, -0.15) is 0 Å². The Morgan fingerprint density at radius 1 is 1.27 bits per heavy atom. The zero-order valence-corrected chi connectivity index (χ0v) is 6.68. The van der Waals surface area contributed by atoms with E-state index in [1.165, 1.54) is 32.1 Å². The van der Waals surface area contributed by atoms with Crippen LogP contribution in [0.5, 0.6) is 0 Å². The van der Waals surface area contributed by atoms with Crippen molar-refractivity contribution in [1.29, 1.82) is 0 Å². The van der Waals surface area contributed by atoms with Crippen LogP contribution < -0.4 is 0 Å². The number of carboxylic acids is 1. The molecule has 0 radical (unpaired) electrons. The molecule has 2 heteroatoms. The lowest BCUT2D eigenvalue weighted by atomic mass is 9.84. The molecule has 0 heterocycles. The van der Waals surface area contributed by atoms with Crippen LogP contribution in [0, 0.1) is 11.3 Å². The van der Waals surface area contributed by atoms with Gasteiger partial charge in [0.15, 0.2) is 0 Å². The van der Waals surface area contributed by atoms with Crippen molar-refractivity contribution in [2.75, 3.05) is 0 Å². The molecule has 0 aliphatic heterocycles. The van der Waals surface area contributed by atoms with Crippen molar-refractivity contribution in [3.8, 4) is 0 Å². The fourth-order valence-electron chi connectivity index (χ4n) is 2.51. The van der Waals surface area contributed by atoms with Gasteiger partial charge in [-0.15, -0.1) is 0 Å². The summed E-state index contributed by atoms with van der Waals surface area (Å²) in [6, 6.07) is 0. The molecule has 0 aromatic rings. The SMILES string of the molecule is O=C(O)C1CC12CCCCC2. The normalized spacial score (nSPS) is 33.6. The molecule has 0 saturated heterocycles. The van der Waals surface area contributed by atoms with E-state index in [-0.39, 0.29) is 11.3 Å². The molecule has 62 valence electrons. The summed E-state index contributed by atoms with van der Waals surface area (Å²) in [7, 11) is 0. The minimum Gasteiger partial charge on any atom is -0.481 e. The van der Waals surface area contributed by atoms with Crippen LogP contribution in [0.25, 0.3) is 0 Å². The third kappa shape index (κ3) is 1.05. The van der Waals surface area contributed by atoms with Gasteiger partial charge in [-0.1, -0.05) is 19.3 Å². The van der Waals surface area contributed by atoms with E-state index in [4.69, 9.17) is 5.11 Å². The molecule has 1 spiro atoms. The Bertz CT molecular complexity index is 180. The second-order valence-electron chi connectivity index (χ2n) is 4.02. The van der Waals surface area contributed by atoms with E-state index in [2.05, 4.69) is 0 Å². The van der Waals surface area contributed by atoms with Crippen LogP contribution in [0.15, 0.2) is 0 Å². The quantitative estimate of drug-likeness (QED) is 0.627. The van der Waals surface area contributed by atoms with Gasteiger partial charge in [-0.05, 0) is 24.7 Å². The Labute approximate surface area is 66.6 Å². The van der Waals surface area contributed by atoms with E-state index >= 15 is 0 Å². The summed E-state index contributed by atoms with van der Waals surface area (Å²) in [5, 5.41) is 8.77. The van der Waals surface area contributed by atoms with Crippen LogP contribution in [0.2, 0.25) is 0 Å². The minimum atomic E-state index is -0.563. The second-order valence-corrected chi connectivity index (χ2v) is 4.02. The fourth-order valence-corrected chi connectivity index (χ4v) is 2.51. The lowest BCUT2D eigenvalue weighted by molar-refractivity contribution is -0.139. The summed E-state index contributed by atoms with van der Waals surface area (Å²) in [6.07, 6.45) is 7.12. The molecule has 2 rings (SSSR count). The molecule has 2 aliphatic carbocycles. The number of rotatable bonds is 1. The zero-order valence-electron chi connectivity index (χ0n) is 6.68. The van der Waals surface area contributed by atoms with Gasteiger partial charge < -0.3 is 5.11 Å². The van der Waals surface area contributed by atoms with Crippen LogP contribution in [0.4, 0.5) is 0 Å². The highest BCUT2D eigenvalue weighted by Gasteiger charge is 2.57. The van der Waals surface area contributed by atoms with Gasteiger partial charge in [-0.25, -0.2) is 0 Å². The average molecular weight is 154 g/mol. The van der Waals surface area contributed by atoms with E-state index < -0.39 is 5.97 Å². The van der Waals surface area contributed by atoms with E-state index in [1.807, 2.05) is 0 Å². The predicted molar refractivity (Wildman–Crippen MR) is 41.3 cm³/mol. The number of carboxylic acid groups (broad SMARTS) is 1. The number of aliphatic carboxylic acids is 1. The summed E-state index contributed by atoms with van der Waals surface area (Å²) >= 11 is 0. The fraction of sp³-hybridized carbons (Fsp3) is 0.889. The molecule has 2 nitrogen and oxygen atoms in total. The number of carbonyl (C=O) groups is 1. The van der Waals surface area contributed by atoms with Gasteiger partial charge in [0.05, 0.1) is 5.92 Å². The van der Waals surface area contributed by atoms with Crippen LogP contribution in [0.3, 0.4) is 0 Å². The van der Waals surface area contributed by atoms with Crippen molar-refractivity contribution in [2.45, 2.75) is 38.5 Å². The van der Waals surface area contributed by atoms with Gasteiger partial charge in [0, 0.05) is 0 Å². The smallest absolute Gasteiger partial charge is 0.307 e. The Hall–Kier alpha value is -0.530. The summed E-state index contributed by atoms with van der Waals surface area (Å²) in [5.41, 5.74) is 0.268. The van der Waals surface area contributed by atoms with Crippen molar-refractivity contribution in [3.63, 3.8) is 0 Å². The third-order valence-corrected chi connectivity index (χ3v) is 3.34. The van der Waals surface area contributed by atoms with E-state index in [0.29, 0.717) is 0 Å². The van der Waals surface area contributed by atoms with Gasteiger partial charge in [-0.3, -0.25) is 4.79 Å². The van der Waals surface area contributed by atoms with Gasteiger partial charge in [0.1, 0.15) is 0 Å². The molecule has 0 bridgehead atoms. The van der Waals surface area contributed by atoms with Crippen molar-refractivity contribution in [2.24, 2.45) is 11.3 Å². The van der Waals surface area contributed by atoms with Crippen molar-refractivity contribution >= 4 is 5.97 Å². The molecule has 0 aromatic carbocycles. The van der Waals surface area contributed by atoms with Gasteiger partial charge >= 0.3 is 5.97 Å². The molecule has 1 atom stereocenters. The summed E-state index contributed by atoms with van der Waals surface area (Å²) < 4.78 is 0. The number of hydrogen-bond donors (Lipinski definition) is 1. The molecule has 2 aliphatic rings. The number of hydrogen-bond acceptors (Lipinski definition) is 1. The monoisotopic (exact) mass is 154 g/mol. The maximum Gasteiger partial charge on any atom is 0.307 e. The zero-order chi connectivity index (χ0) is 7.90.